The van der Waals surface area contributed by atoms with Crippen LogP contribution in [0.25, 0.3) is 6.08 Å². The molecule has 0 heterocycles. The fraction of sp³-hybridized carbons (Fsp3) is 0. The quantitative estimate of drug-likeness (QED) is 0.689. The Kier molecular flexibility index (Phi) is 4.31. The van der Waals surface area contributed by atoms with Gasteiger partial charge in [0.2, 0.25) is 0 Å². The van der Waals surface area contributed by atoms with Gasteiger partial charge in [-0.2, -0.15) is 0 Å². The Bertz CT molecular complexity index is 206. The minimum absolute atomic E-state index is 0.708. The molecule has 0 aliphatic heterocycles. The summed E-state index contributed by atoms with van der Waals surface area (Å²) >= 11 is 2.83. The van der Waals surface area contributed by atoms with Crippen molar-refractivity contribution in [2.75, 3.05) is 0 Å². The van der Waals surface area contributed by atoms with Crippen molar-refractivity contribution in [2.45, 2.75) is 0 Å². The van der Waals surface area contributed by atoms with Crippen LogP contribution in [0.2, 0.25) is 0 Å². The monoisotopic (exact) mass is 384 g/mol. The van der Waals surface area contributed by atoms with Crippen LogP contribution in [0.5, 0.6) is 0 Å². The molecule has 48 valence electrons. The van der Waals surface area contributed by atoms with Crippen molar-refractivity contribution >= 4 is 18.0 Å². The Hall–Kier alpha value is 0.375. The van der Waals surface area contributed by atoms with E-state index in [0.29, 0.717) is 0 Å². The predicted molar refractivity (Wildman–Crippen MR) is 44.4 cm³/mol. The van der Waals surface area contributed by atoms with Gasteiger partial charge in [-0.05, 0) is 0 Å². The van der Waals surface area contributed by atoms with Gasteiger partial charge >= 0.3 is 79.6 Å². The van der Waals surface area contributed by atoms with Crippen LogP contribution in [0.3, 0.4) is 0 Å². The first kappa shape index (κ1) is 8.47. The van der Waals surface area contributed by atoms with Crippen molar-refractivity contribution in [1.82, 2.24) is 0 Å². The average molecular weight is 384 g/mol. The van der Waals surface area contributed by atoms with Crippen molar-refractivity contribution in [3.63, 3.8) is 0 Å². The molecule has 10 heavy (non-hydrogen) atoms. The normalized spacial score (nSPS) is 9.70. The van der Waals surface area contributed by atoms with Crippen LogP contribution in [-0.4, -0.2) is 0 Å². The van der Waals surface area contributed by atoms with Crippen molar-refractivity contribution in [3.05, 3.63) is 39.5 Å². The van der Waals surface area contributed by atoms with E-state index >= 15 is 0 Å². The minimum atomic E-state index is -0.708. The molecule has 0 nitrogen and oxygen atoms in total. The third-order valence-corrected chi connectivity index (χ3v) is 6.09. The second-order valence-corrected chi connectivity index (χ2v) is 10.7. The van der Waals surface area contributed by atoms with E-state index in [1.807, 2.05) is 6.07 Å². The predicted octanol–water partition coefficient (Wildman–Crippen LogP) is 3.05. The average Bonchev–Trinajstić information content (AvgIpc) is 2.03. The molecule has 0 saturated heterocycles. The molecule has 0 saturated carbocycles. The van der Waals surface area contributed by atoms with Crippen LogP contribution in [0.15, 0.2) is 33.9 Å². The molecule has 0 unspecified atom stereocenters. The Labute approximate surface area is 79.0 Å². The molecule has 1 rings (SSSR count). The zero-order valence-corrected chi connectivity index (χ0v) is 12.7. The molecule has 0 spiro atoms. The van der Waals surface area contributed by atoms with E-state index in [1.165, 1.54) is 5.56 Å². The fourth-order valence-electron chi connectivity index (χ4n) is 0.745. The first-order valence-electron chi connectivity index (χ1n) is 3.21. The summed E-state index contributed by atoms with van der Waals surface area (Å²) in [5.74, 6) is 0. The summed E-state index contributed by atoms with van der Waals surface area (Å²) in [6.45, 7) is 0. The van der Waals surface area contributed by atoms with Crippen LogP contribution in [0, 0.1) is 0 Å². The van der Waals surface area contributed by atoms with E-state index < -0.39 is 22.1 Å². The van der Waals surface area contributed by atoms with Gasteiger partial charge in [0.25, 0.3) is 0 Å². The SMILES string of the molecule is [Br][Hg]/[CH]=C/c1ccccc1. The van der Waals surface area contributed by atoms with Crippen molar-refractivity contribution in [3.8, 4) is 0 Å². The molecule has 0 amide bonds. The third kappa shape index (κ3) is 2.97. The fourth-order valence-corrected chi connectivity index (χ4v) is 3.79. The van der Waals surface area contributed by atoms with Gasteiger partial charge in [0.1, 0.15) is 0 Å². The van der Waals surface area contributed by atoms with E-state index in [4.69, 9.17) is 0 Å². The third-order valence-electron chi connectivity index (χ3n) is 1.20. The van der Waals surface area contributed by atoms with Gasteiger partial charge in [-0.15, -0.1) is 0 Å². The maximum atomic E-state index is 3.54. The van der Waals surface area contributed by atoms with Gasteiger partial charge < -0.3 is 0 Å². The summed E-state index contributed by atoms with van der Waals surface area (Å²) in [7, 11) is 0. The second kappa shape index (κ2) is 5.08. The van der Waals surface area contributed by atoms with Gasteiger partial charge in [-0.25, -0.2) is 0 Å². The van der Waals surface area contributed by atoms with Gasteiger partial charge in [0.15, 0.2) is 0 Å². The summed E-state index contributed by atoms with van der Waals surface area (Å²) in [6.07, 6.45) is 2.19. The van der Waals surface area contributed by atoms with E-state index in [9.17, 15) is 0 Å². The first-order valence-corrected chi connectivity index (χ1v) is 18.3. The second-order valence-electron chi connectivity index (χ2n) is 1.97. The Morgan fingerprint density at radius 3 is 2.50 bits per heavy atom. The molecule has 0 bridgehead atoms. The summed E-state index contributed by atoms with van der Waals surface area (Å²) < 4.78 is 2.30. The van der Waals surface area contributed by atoms with Crippen LogP contribution in [0.4, 0.5) is 0 Å². The molecule has 1 aromatic rings. The molecule has 0 aliphatic rings. The summed E-state index contributed by atoms with van der Waals surface area (Å²) in [4.78, 5) is 0. The van der Waals surface area contributed by atoms with Gasteiger partial charge in [-0.3, -0.25) is 0 Å². The number of rotatable bonds is 2. The Morgan fingerprint density at radius 2 is 1.90 bits per heavy atom. The molecular weight excluding hydrogens is 377 g/mol. The number of hydrogen-bond acceptors (Lipinski definition) is 0. The topological polar surface area (TPSA) is 0 Å². The summed E-state index contributed by atoms with van der Waals surface area (Å²) in [6, 6.07) is 10.4. The zero-order valence-electron chi connectivity index (χ0n) is 5.63. The van der Waals surface area contributed by atoms with E-state index in [-0.39, 0.29) is 0 Å². The molecule has 0 radical (unpaired) electrons. The van der Waals surface area contributed by atoms with Crippen molar-refractivity contribution in [1.29, 1.82) is 0 Å². The molecule has 1 aromatic carbocycles. The molecule has 0 atom stereocenters. The zero-order chi connectivity index (χ0) is 7.23. The standard InChI is InChI=1S/C8H7.BrH.Hg/c1-2-8-6-4-3-5-7-8;;/h1-7H;1H;/q;;+1/p-1. The summed E-state index contributed by atoms with van der Waals surface area (Å²) in [5, 5.41) is 0. The molecule has 0 N–H and O–H groups in total. The Morgan fingerprint density at radius 1 is 1.20 bits per heavy atom. The molecule has 0 aliphatic carbocycles. The number of hydrogen-bond donors (Lipinski definition) is 0. The Balaban J connectivity index is 2.67. The maximum absolute atomic E-state index is 3.54. The molecule has 0 aromatic heterocycles. The molecule has 2 heteroatoms. The van der Waals surface area contributed by atoms with E-state index in [2.05, 4.69) is 45.8 Å². The summed E-state index contributed by atoms with van der Waals surface area (Å²) in [5.41, 5.74) is 1.31. The number of benzene rings is 1. The van der Waals surface area contributed by atoms with E-state index in [0.717, 1.165) is 0 Å². The van der Waals surface area contributed by atoms with Crippen molar-refractivity contribution < 1.29 is 22.1 Å². The first-order chi connectivity index (χ1) is 4.93. The van der Waals surface area contributed by atoms with Crippen LogP contribution >= 0.6 is 11.9 Å². The van der Waals surface area contributed by atoms with Crippen LogP contribution in [0.1, 0.15) is 5.56 Å². The van der Waals surface area contributed by atoms with Gasteiger partial charge in [0, 0.05) is 0 Å². The van der Waals surface area contributed by atoms with Crippen LogP contribution in [-0.2, 0) is 22.1 Å². The van der Waals surface area contributed by atoms with Gasteiger partial charge in [-0.1, -0.05) is 0 Å². The molecular formula is C8H7BrHg. The van der Waals surface area contributed by atoms with E-state index in [1.54, 1.807) is 0 Å². The van der Waals surface area contributed by atoms with Gasteiger partial charge in [0.05, 0.1) is 0 Å². The molecule has 0 fully saturated rings. The van der Waals surface area contributed by atoms with Crippen LogP contribution < -0.4 is 0 Å². The number of halogens is 1. The van der Waals surface area contributed by atoms with Crippen molar-refractivity contribution in [2.24, 2.45) is 0 Å².